The summed E-state index contributed by atoms with van der Waals surface area (Å²) in [5, 5.41) is 0. The molecular weight excluding hydrogens is 204 g/mol. The van der Waals surface area contributed by atoms with Gasteiger partial charge in [0.2, 0.25) is 0 Å². The van der Waals surface area contributed by atoms with Crippen molar-refractivity contribution in [1.29, 1.82) is 0 Å². The van der Waals surface area contributed by atoms with Crippen LogP contribution in [0.5, 0.6) is 0 Å². The minimum absolute atomic E-state index is 0.235. The maximum absolute atomic E-state index is 10.2. The van der Waals surface area contributed by atoms with Crippen LogP contribution in [0.2, 0.25) is 0 Å². The average Bonchev–Trinajstić information content (AvgIpc) is 2.30. The molecule has 0 saturated carbocycles. The third kappa shape index (κ3) is 4.98. The van der Waals surface area contributed by atoms with E-state index in [1.54, 1.807) is 12.2 Å². The molecule has 4 nitrogen and oxygen atoms in total. The molecule has 0 aromatic carbocycles. The number of ether oxygens (including phenoxy) is 1. The molecule has 1 rings (SSSR count). The zero-order chi connectivity index (χ0) is 11.8. The molecule has 0 aromatic heterocycles. The van der Waals surface area contributed by atoms with Gasteiger partial charge in [-0.2, -0.15) is 0 Å². The molecule has 0 radical (unpaired) electrons. The Balaban J connectivity index is 2.28. The average molecular weight is 224 g/mol. The van der Waals surface area contributed by atoms with E-state index >= 15 is 0 Å². The summed E-state index contributed by atoms with van der Waals surface area (Å²) in [6.45, 7) is 1.76. The summed E-state index contributed by atoms with van der Waals surface area (Å²) in [5.41, 5.74) is 5.58. The molecular formula is C12H20N2O2. The molecule has 1 aliphatic rings. The highest BCUT2D eigenvalue weighted by Crippen LogP contribution is 2.13. The van der Waals surface area contributed by atoms with Crippen molar-refractivity contribution in [2.75, 3.05) is 20.2 Å². The van der Waals surface area contributed by atoms with E-state index in [0.717, 1.165) is 19.6 Å². The van der Waals surface area contributed by atoms with Gasteiger partial charge in [0.05, 0.1) is 11.8 Å². The molecule has 1 fully saturated rings. The lowest BCUT2D eigenvalue weighted by atomic mass is 10.1. The second kappa shape index (κ2) is 7.06. The first-order valence-electron chi connectivity index (χ1n) is 5.63. The molecule has 1 heterocycles. The fourth-order valence-electron chi connectivity index (χ4n) is 1.67. The molecule has 0 amide bonds. The van der Waals surface area contributed by atoms with Crippen LogP contribution in [0.4, 0.5) is 0 Å². The molecule has 1 atom stereocenters. The Morgan fingerprint density at radius 1 is 1.56 bits per heavy atom. The molecule has 1 saturated heterocycles. The summed E-state index contributed by atoms with van der Waals surface area (Å²) in [4.78, 5) is 12.3. The summed E-state index contributed by atoms with van der Waals surface area (Å²) in [6, 6.07) is 0. The second-order valence-electron chi connectivity index (χ2n) is 4.05. The van der Waals surface area contributed by atoms with Gasteiger partial charge in [0.25, 0.3) is 0 Å². The number of carbonyl (C=O) groups is 1. The largest absolute Gasteiger partial charge is 0.396 e. The third-order valence-electron chi connectivity index (χ3n) is 2.53. The summed E-state index contributed by atoms with van der Waals surface area (Å²) < 4.78 is 5.63. The standard InChI is InChI=1S/C12H20N2O2/c1-14(7-4-5-11(13)10-15)9-12-6-2-3-8-16-12/h4-5,7,10,12H,2-3,6,8-9,13H2,1H3/b7-4-,11-5+. The molecule has 1 unspecified atom stereocenters. The number of hydrogen-bond acceptors (Lipinski definition) is 4. The quantitative estimate of drug-likeness (QED) is 0.431. The molecule has 0 spiro atoms. The first-order valence-corrected chi connectivity index (χ1v) is 5.63. The maximum Gasteiger partial charge on any atom is 0.165 e. The molecule has 16 heavy (non-hydrogen) atoms. The van der Waals surface area contributed by atoms with Crippen molar-refractivity contribution in [3.63, 3.8) is 0 Å². The van der Waals surface area contributed by atoms with Crippen LogP contribution >= 0.6 is 0 Å². The first kappa shape index (κ1) is 12.8. The van der Waals surface area contributed by atoms with E-state index in [0.29, 0.717) is 12.4 Å². The van der Waals surface area contributed by atoms with Crippen molar-refractivity contribution in [2.45, 2.75) is 25.4 Å². The second-order valence-corrected chi connectivity index (χ2v) is 4.05. The highest BCUT2D eigenvalue weighted by Gasteiger charge is 2.14. The normalized spacial score (nSPS) is 22.3. The fourth-order valence-corrected chi connectivity index (χ4v) is 1.67. The van der Waals surface area contributed by atoms with Crippen LogP contribution in [0.3, 0.4) is 0 Å². The van der Waals surface area contributed by atoms with E-state index in [2.05, 4.69) is 0 Å². The van der Waals surface area contributed by atoms with Crippen LogP contribution in [-0.4, -0.2) is 37.5 Å². The van der Waals surface area contributed by atoms with E-state index in [1.165, 1.54) is 12.8 Å². The lowest BCUT2D eigenvalue weighted by molar-refractivity contribution is -0.104. The molecule has 0 aliphatic carbocycles. The Bertz CT molecular complexity index is 268. The van der Waals surface area contributed by atoms with Gasteiger partial charge in [-0.1, -0.05) is 0 Å². The Morgan fingerprint density at radius 3 is 3.00 bits per heavy atom. The number of nitrogens with zero attached hydrogens (tertiary/aromatic N) is 1. The Labute approximate surface area is 96.7 Å². The van der Waals surface area contributed by atoms with E-state index in [4.69, 9.17) is 10.5 Å². The topological polar surface area (TPSA) is 55.6 Å². The van der Waals surface area contributed by atoms with Crippen molar-refractivity contribution in [3.8, 4) is 0 Å². The van der Waals surface area contributed by atoms with Crippen molar-refractivity contribution in [2.24, 2.45) is 5.73 Å². The first-order chi connectivity index (χ1) is 7.72. The van der Waals surface area contributed by atoms with Crippen LogP contribution in [0.1, 0.15) is 19.3 Å². The van der Waals surface area contributed by atoms with Gasteiger partial charge in [-0.15, -0.1) is 0 Å². The van der Waals surface area contributed by atoms with E-state index in [-0.39, 0.29) is 5.70 Å². The molecule has 2 N–H and O–H groups in total. The van der Waals surface area contributed by atoms with Gasteiger partial charge in [0, 0.05) is 20.2 Å². The van der Waals surface area contributed by atoms with Gasteiger partial charge in [-0.25, -0.2) is 0 Å². The van der Waals surface area contributed by atoms with E-state index in [9.17, 15) is 4.79 Å². The van der Waals surface area contributed by atoms with Crippen LogP contribution in [-0.2, 0) is 9.53 Å². The van der Waals surface area contributed by atoms with Crippen molar-refractivity contribution < 1.29 is 9.53 Å². The number of aldehydes is 1. The Morgan fingerprint density at radius 2 is 2.38 bits per heavy atom. The summed E-state index contributed by atoms with van der Waals surface area (Å²) >= 11 is 0. The van der Waals surface area contributed by atoms with Crippen LogP contribution in [0, 0.1) is 0 Å². The monoisotopic (exact) mass is 224 g/mol. The molecule has 0 aromatic rings. The number of nitrogens with two attached hydrogens (primary N) is 1. The van der Waals surface area contributed by atoms with Crippen molar-refractivity contribution >= 4 is 6.29 Å². The number of likely N-dealkylation sites (N-methyl/N-ethyl adjacent to an activating group) is 1. The van der Waals surface area contributed by atoms with Gasteiger partial charge in [0.15, 0.2) is 6.29 Å². The van der Waals surface area contributed by atoms with Crippen molar-refractivity contribution in [3.05, 3.63) is 24.0 Å². The minimum Gasteiger partial charge on any atom is -0.396 e. The third-order valence-corrected chi connectivity index (χ3v) is 2.53. The van der Waals surface area contributed by atoms with Crippen LogP contribution in [0.15, 0.2) is 24.0 Å². The number of carbonyl (C=O) groups excluding carboxylic acids is 1. The maximum atomic E-state index is 10.2. The van der Waals surface area contributed by atoms with Crippen molar-refractivity contribution in [1.82, 2.24) is 4.90 Å². The Hall–Kier alpha value is -1.29. The van der Waals surface area contributed by atoms with Gasteiger partial charge in [-0.3, -0.25) is 4.79 Å². The lowest BCUT2D eigenvalue weighted by Crippen LogP contribution is -2.30. The Kier molecular flexibility index (Phi) is 5.64. The SMILES string of the molecule is CN(/C=C\C=C(\N)C=O)CC1CCCCO1. The smallest absolute Gasteiger partial charge is 0.165 e. The number of rotatable bonds is 5. The van der Waals surface area contributed by atoms with E-state index in [1.807, 2.05) is 18.1 Å². The highest BCUT2D eigenvalue weighted by molar-refractivity contribution is 5.72. The number of hydrogen-bond donors (Lipinski definition) is 1. The summed E-state index contributed by atoms with van der Waals surface area (Å²) in [6.07, 6.45) is 9.77. The minimum atomic E-state index is 0.235. The zero-order valence-corrected chi connectivity index (χ0v) is 9.76. The summed E-state index contributed by atoms with van der Waals surface area (Å²) in [5.74, 6) is 0. The molecule has 4 heteroatoms. The van der Waals surface area contributed by atoms with Gasteiger partial charge in [-0.05, 0) is 37.6 Å². The predicted octanol–water partition coefficient (Wildman–Crippen LogP) is 1.04. The number of allylic oxidation sites excluding steroid dienone is 3. The van der Waals surface area contributed by atoms with E-state index < -0.39 is 0 Å². The zero-order valence-electron chi connectivity index (χ0n) is 9.76. The van der Waals surface area contributed by atoms with Gasteiger partial charge in [0.1, 0.15) is 0 Å². The molecule has 90 valence electrons. The van der Waals surface area contributed by atoms with Gasteiger partial charge >= 0.3 is 0 Å². The lowest BCUT2D eigenvalue weighted by Gasteiger charge is -2.26. The molecule has 1 aliphatic heterocycles. The van der Waals surface area contributed by atoms with Crippen LogP contribution < -0.4 is 5.73 Å². The highest BCUT2D eigenvalue weighted by atomic mass is 16.5. The van der Waals surface area contributed by atoms with Gasteiger partial charge < -0.3 is 15.4 Å². The summed E-state index contributed by atoms with van der Waals surface area (Å²) in [7, 11) is 1.99. The predicted molar refractivity (Wildman–Crippen MR) is 63.7 cm³/mol. The fraction of sp³-hybridized carbons (Fsp3) is 0.583. The van der Waals surface area contributed by atoms with Crippen LogP contribution in [0.25, 0.3) is 0 Å². The molecule has 0 bridgehead atoms.